The molecular weight excluding hydrogens is 457 g/mol. The highest BCUT2D eigenvalue weighted by atomic mass is 32.1. The third kappa shape index (κ3) is 5.09. The Morgan fingerprint density at radius 1 is 1.00 bits per heavy atom. The maximum absolute atomic E-state index is 13.1. The number of benzene rings is 2. The van der Waals surface area contributed by atoms with E-state index < -0.39 is 5.76 Å². The smallest absolute Gasteiger partial charge is 0.438 e. The number of thiazole rings is 1. The van der Waals surface area contributed by atoms with E-state index in [0.717, 1.165) is 54.7 Å². The van der Waals surface area contributed by atoms with Crippen molar-refractivity contribution in [3.8, 4) is 27.8 Å². The number of ether oxygens (including phenoxy) is 1. The van der Waals surface area contributed by atoms with Crippen molar-refractivity contribution in [1.82, 2.24) is 24.6 Å². The van der Waals surface area contributed by atoms with Crippen LogP contribution in [0, 0.1) is 5.82 Å². The maximum Gasteiger partial charge on any atom is 0.438 e. The van der Waals surface area contributed by atoms with E-state index >= 15 is 0 Å². The molecule has 176 valence electrons. The predicted octanol–water partition coefficient (Wildman–Crippen LogP) is 3.55. The first-order chi connectivity index (χ1) is 16.6. The van der Waals surface area contributed by atoms with Gasteiger partial charge >= 0.3 is 5.76 Å². The second-order valence-corrected chi connectivity index (χ2v) is 8.95. The SMILES string of the molecule is COc1ccc(-c2nc(CN3CCN(Cn4nc(-c5ccc(F)cc5)oc4=O)CC3)cs2)cc1. The van der Waals surface area contributed by atoms with Crippen LogP contribution in [0.1, 0.15) is 5.69 Å². The van der Waals surface area contributed by atoms with Crippen molar-refractivity contribution in [3.63, 3.8) is 0 Å². The van der Waals surface area contributed by atoms with Crippen LogP contribution >= 0.6 is 11.3 Å². The van der Waals surface area contributed by atoms with Crippen LogP contribution in [-0.2, 0) is 13.2 Å². The van der Waals surface area contributed by atoms with Gasteiger partial charge in [0.1, 0.15) is 23.2 Å². The normalized spacial score (nSPS) is 15.0. The second-order valence-electron chi connectivity index (χ2n) is 8.09. The molecular formula is C24H24FN5O3S. The monoisotopic (exact) mass is 481 g/mol. The number of aromatic nitrogens is 3. The Morgan fingerprint density at radius 3 is 2.38 bits per heavy atom. The first-order valence-corrected chi connectivity index (χ1v) is 11.8. The summed E-state index contributed by atoms with van der Waals surface area (Å²) in [4.78, 5) is 21.5. The van der Waals surface area contributed by atoms with Crippen molar-refractivity contribution in [2.45, 2.75) is 13.2 Å². The van der Waals surface area contributed by atoms with E-state index in [2.05, 4.69) is 20.3 Å². The molecule has 8 nitrogen and oxygen atoms in total. The zero-order valence-electron chi connectivity index (χ0n) is 18.7. The molecule has 0 unspecified atom stereocenters. The number of methoxy groups -OCH3 is 1. The number of hydrogen-bond donors (Lipinski definition) is 0. The van der Waals surface area contributed by atoms with Crippen LogP contribution in [0.4, 0.5) is 4.39 Å². The van der Waals surface area contributed by atoms with Crippen LogP contribution in [-0.4, -0.2) is 57.9 Å². The molecule has 0 radical (unpaired) electrons. The predicted molar refractivity (Wildman–Crippen MR) is 127 cm³/mol. The molecule has 0 spiro atoms. The first kappa shape index (κ1) is 22.5. The topological polar surface area (TPSA) is 76.6 Å². The van der Waals surface area contributed by atoms with Gasteiger partial charge in [-0.1, -0.05) is 0 Å². The van der Waals surface area contributed by atoms with E-state index in [1.807, 2.05) is 24.3 Å². The Morgan fingerprint density at radius 2 is 1.68 bits per heavy atom. The molecule has 1 aliphatic rings. The molecule has 0 bridgehead atoms. The summed E-state index contributed by atoms with van der Waals surface area (Å²) in [6.45, 7) is 4.50. The minimum atomic E-state index is -0.518. The van der Waals surface area contributed by atoms with Crippen molar-refractivity contribution in [2.24, 2.45) is 0 Å². The van der Waals surface area contributed by atoms with E-state index in [-0.39, 0.29) is 11.7 Å². The van der Waals surface area contributed by atoms with Crippen molar-refractivity contribution >= 4 is 11.3 Å². The number of piperazine rings is 1. The zero-order chi connectivity index (χ0) is 23.5. The lowest BCUT2D eigenvalue weighted by molar-refractivity contribution is 0.0958. The minimum absolute atomic E-state index is 0.194. The average molecular weight is 482 g/mol. The number of nitrogens with zero attached hydrogens (tertiary/aromatic N) is 5. The van der Waals surface area contributed by atoms with Crippen molar-refractivity contribution in [1.29, 1.82) is 0 Å². The third-order valence-corrected chi connectivity index (χ3v) is 6.71. The quantitative estimate of drug-likeness (QED) is 0.400. The van der Waals surface area contributed by atoms with E-state index in [1.165, 1.54) is 16.8 Å². The zero-order valence-corrected chi connectivity index (χ0v) is 19.5. The van der Waals surface area contributed by atoms with Crippen LogP contribution in [0.5, 0.6) is 5.75 Å². The summed E-state index contributed by atoms with van der Waals surface area (Å²) in [5, 5.41) is 7.38. The van der Waals surface area contributed by atoms with Gasteiger partial charge in [-0.2, -0.15) is 4.68 Å². The highest BCUT2D eigenvalue weighted by Crippen LogP contribution is 2.26. The molecule has 1 fully saturated rings. The van der Waals surface area contributed by atoms with Gasteiger partial charge < -0.3 is 9.15 Å². The van der Waals surface area contributed by atoms with Crippen LogP contribution < -0.4 is 10.5 Å². The molecule has 0 amide bonds. The molecule has 0 atom stereocenters. The minimum Gasteiger partial charge on any atom is -0.497 e. The Labute approximate surface area is 199 Å². The number of hydrogen-bond acceptors (Lipinski definition) is 8. The van der Waals surface area contributed by atoms with Gasteiger partial charge in [0.15, 0.2) is 0 Å². The van der Waals surface area contributed by atoms with Crippen LogP contribution in [0.15, 0.2) is 63.1 Å². The molecule has 1 aliphatic heterocycles. The van der Waals surface area contributed by atoms with Gasteiger partial charge in [-0.05, 0) is 48.5 Å². The molecule has 0 N–H and O–H groups in total. The lowest BCUT2D eigenvalue weighted by Gasteiger charge is -2.33. The summed E-state index contributed by atoms with van der Waals surface area (Å²) in [6, 6.07) is 13.6. The third-order valence-electron chi connectivity index (χ3n) is 5.77. The molecule has 1 saturated heterocycles. The fourth-order valence-corrected chi connectivity index (χ4v) is 4.67. The molecule has 0 aliphatic carbocycles. The summed E-state index contributed by atoms with van der Waals surface area (Å²) in [5.41, 5.74) is 2.71. The lowest BCUT2D eigenvalue weighted by Crippen LogP contribution is -2.47. The Bertz CT molecular complexity index is 1290. The number of rotatable bonds is 7. The summed E-state index contributed by atoms with van der Waals surface area (Å²) in [6.07, 6.45) is 0. The van der Waals surface area contributed by atoms with Crippen LogP contribution in [0.3, 0.4) is 0 Å². The largest absolute Gasteiger partial charge is 0.497 e. The second kappa shape index (κ2) is 9.88. The fraction of sp³-hybridized carbons (Fsp3) is 0.292. The van der Waals surface area contributed by atoms with Gasteiger partial charge in [0.2, 0.25) is 5.89 Å². The van der Waals surface area contributed by atoms with Gasteiger partial charge in [-0.3, -0.25) is 9.80 Å². The van der Waals surface area contributed by atoms with Gasteiger partial charge in [0, 0.05) is 49.2 Å². The summed E-state index contributed by atoms with van der Waals surface area (Å²) in [5.74, 6) is 0.158. The molecule has 10 heteroatoms. The lowest BCUT2D eigenvalue weighted by atomic mass is 10.2. The molecule has 3 heterocycles. The van der Waals surface area contributed by atoms with Gasteiger partial charge in [0.05, 0.1) is 12.8 Å². The first-order valence-electron chi connectivity index (χ1n) is 10.9. The Kier molecular flexibility index (Phi) is 6.52. The summed E-state index contributed by atoms with van der Waals surface area (Å²) < 4.78 is 24.9. The van der Waals surface area contributed by atoms with E-state index in [4.69, 9.17) is 14.1 Å². The van der Waals surface area contributed by atoms with E-state index in [1.54, 1.807) is 30.6 Å². The van der Waals surface area contributed by atoms with Crippen LogP contribution in [0.25, 0.3) is 22.0 Å². The Balaban J connectivity index is 1.15. The average Bonchev–Trinajstić information content (AvgIpc) is 3.47. The molecule has 2 aromatic carbocycles. The summed E-state index contributed by atoms with van der Waals surface area (Å²) in [7, 11) is 1.66. The maximum atomic E-state index is 13.1. The van der Waals surface area contributed by atoms with Crippen molar-refractivity contribution in [3.05, 3.63) is 76.0 Å². The molecule has 5 rings (SSSR count). The van der Waals surface area contributed by atoms with Gasteiger partial charge in [0.25, 0.3) is 0 Å². The molecule has 34 heavy (non-hydrogen) atoms. The molecule has 0 saturated carbocycles. The Hall–Kier alpha value is -3.34. The molecule has 4 aromatic rings. The number of halogens is 1. The fourth-order valence-electron chi connectivity index (χ4n) is 3.86. The van der Waals surface area contributed by atoms with Crippen molar-refractivity contribution < 1.29 is 13.5 Å². The highest BCUT2D eigenvalue weighted by Gasteiger charge is 2.20. The van der Waals surface area contributed by atoms with Gasteiger partial charge in [-0.25, -0.2) is 14.2 Å². The van der Waals surface area contributed by atoms with E-state index in [9.17, 15) is 9.18 Å². The van der Waals surface area contributed by atoms with Gasteiger partial charge in [-0.15, -0.1) is 16.4 Å². The van der Waals surface area contributed by atoms with E-state index in [0.29, 0.717) is 12.2 Å². The van der Waals surface area contributed by atoms with Crippen LogP contribution in [0.2, 0.25) is 0 Å². The van der Waals surface area contributed by atoms with Crippen molar-refractivity contribution in [2.75, 3.05) is 33.3 Å². The molecule has 2 aromatic heterocycles. The highest BCUT2D eigenvalue weighted by molar-refractivity contribution is 7.13. The summed E-state index contributed by atoms with van der Waals surface area (Å²) >= 11 is 1.64. The standard InChI is InChI=1S/C24H24FN5O3S/c1-32-21-8-4-18(5-9-21)23-26-20(15-34-23)14-28-10-12-29(13-11-28)16-30-24(31)33-22(27-30)17-2-6-19(25)7-3-17/h2-9,15H,10-14,16H2,1H3.